The molecule has 2 unspecified atom stereocenters. The van der Waals surface area contributed by atoms with Crippen LogP contribution in [0.3, 0.4) is 0 Å². The number of hydrogen-bond donors (Lipinski definition) is 0. The highest BCUT2D eigenvalue weighted by Gasteiger charge is 2.54. The van der Waals surface area contributed by atoms with Gasteiger partial charge in [0.1, 0.15) is 0 Å². The van der Waals surface area contributed by atoms with Crippen LogP contribution in [-0.2, 0) is 11.8 Å². The standard InChI is InChI=1S/C21H30/c1-2-8-17(9-3-1)13-14-19-16-21(19)15-7-6-11-18-10-4-5-12-20(18)21/h4-5,10,12,17,19H,1-3,6-9,11,13-16H2. The Hall–Kier alpha value is -0.780. The Bertz CT molecular complexity index is 483. The van der Waals surface area contributed by atoms with Crippen molar-refractivity contribution < 1.29 is 0 Å². The van der Waals surface area contributed by atoms with Gasteiger partial charge in [0.2, 0.25) is 0 Å². The lowest BCUT2D eigenvalue weighted by Crippen LogP contribution is -2.12. The van der Waals surface area contributed by atoms with Crippen molar-refractivity contribution in [1.82, 2.24) is 0 Å². The van der Waals surface area contributed by atoms with Gasteiger partial charge in [0, 0.05) is 0 Å². The van der Waals surface area contributed by atoms with Crippen LogP contribution >= 0.6 is 0 Å². The molecule has 1 aromatic rings. The molecule has 0 heteroatoms. The minimum absolute atomic E-state index is 0.613. The summed E-state index contributed by atoms with van der Waals surface area (Å²) in [6.07, 6.45) is 17.7. The maximum absolute atomic E-state index is 2.46. The Morgan fingerprint density at radius 3 is 2.67 bits per heavy atom. The van der Waals surface area contributed by atoms with Crippen molar-refractivity contribution in [2.75, 3.05) is 0 Å². The van der Waals surface area contributed by atoms with Crippen LogP contribution in [0.2, 0.25) is 0 Å². The first-order chi connectivity index (χ1) is 10.4. The second-order valence-electron chi connectivity index (χ2n) is 8.00. The predicted molar refractivity (Wildman–Crippen MR) is 89.6 cm³/mol. The average molecular weight is 282 g/mol. The third-order valence-electron chi connectivity index (χ3n) is 6.75. The lowest BCUT2D eigenvalue weighted by Gasteiger charge is -2.23. The molecule has 0 N–H and O–H groups in total. The van der Waals surface area contributed by atoms with Crippen molar-refractivity contribution in [3.63, 3.8) is 0 Å². The van der Waals surface area contributed by atoms with Gasteiger partial charge in [-0.2, -0.15) is 0 Å². The van der Waals surface area contributed by atoms with Crippen LogP contribution < -0.4 is 0 Å². The van der Waals surface area contributed by atoms with Gasteiger partial charge in [0.25, 0.3) is 0 Å². The van der Waals surface area contributed by atoms with Crippen molar-refractivity contribution in [2.24, 2.45) is 11.8 Å². The van der Waals surface area contributed by atoms with Crippen LogP contribution in [0.1, 0.15) is 81.8 Å². The minimum atomic E-state index is 0.613. The van der Waals surface area contributed by atoms with Gasteiger partial charge in [-0.1, -0.05) is 69.2 Å². The SMILES string of the molecule is c1ccc2c(c1)CCCCC21CC1CCC1CCCCC1. The van der Waals surface area contributed by atoms with Gasteiger partial charge < -0.3 is 0 Å². The predicted octanol–water partition coefficient (Wildman–Crippen LogP) is 6.03. The largest absolute Gasteiger partial charge is 0.0620 e. The Morgan fingerprint density at radius 2 is 1.76 bits per heavy atom. The number of hydrogen-bond acceptors (Lipinski definition) is 0. The second kappa shape index (κ2) is 5.78. The van der Waals surface area contributed by atoms with Gasteiger partial charge in [-0.05, 0) is 60.5 Å². The van der Waals surface area contributed by atoms with Crippen LogP contribution in [0, 0.1) is 11.8 Å². The summed E-state index contributed by atoms with van der Waals surface area (Å²) in [7, 11) is 0. The van der Waals surface area contributed by atoms with Crippen molar-refractivity contribution in [3.8, 4) is 0 Å². The highest BCUT2D eigenvalue weighted by atomic mass is 14.6. The van der Waals surface area contributed by atoms with Crippen molar-refractivity contribution in [2.45, 2.75) is 82.5 Å². The molecule has 2 fully saturated rings. The summed E-state index contributed by atoms with van der Waals surface area (Å²) in [4.78, 5) is 0. The fourth-order valence-electron chi connectivity index (χ4n) is 5.42. The van der Waals surface area contributed by atoms with Gasteiger partial charge in [0.05, 0.1) is 0 Å². The van der Waals surface area contributed by atoms with Crippen LogP contribution in [0.15, 0.2) is 24.3 Å². The summed E-state index contributed by atoms with van der Waals surface area (Å²) in [5.41, 5.74) is 4.04. The summed E-state index contributed by atoms with van der Waals surface area (Å²) >= 11 is 0. The van der Waals surface area contributed by atoms with Crippen LogP contribution in [0.25, 0.3) is 0 Å². The summed E-state index contributed by atoms with van der Waals surface area (Å²) in [5, 5.41) is 0. The monoisotopic (exact) mass is 282 g/mol. The summed E-state index contributed by atoms with van der Waals surface area (Å²) < 4.78 is 0. The van der Waals surface area contributed by atoms with E-state index in [4.69, 9.17) is 0 Å². The molecule has 0 nitrogen and oxygen atoms in total. The molecule has 3 aliphatic rings. The lowest BCUT2D eigenvalue weighted by atomic mass is 9.82. The Balaban J connectivity index is 1.44. The van der Waals surface area contributed by atoms with Crippen molar-refractivity contribution >= 4 is 0 Å². The van der Waals surface area contributed by atoms with Crippen LogP contribution in [0.5, 0.6) is 0 Å². The molecular formula is C21H30. The zero-order valence-electron chi connectivity index (χ0n) is 13.4. The normalized spacial score (nSPS) is 32.7. The molecule has 2 saturated carbocycles. The lowest BCUT2D eigenvalue weighted by molar-refractivity contribution is 0.321. The first-order valence-electron chi connectivity index (χ1n) is 9.47. The fraction of sp³-hybridized carbons (Fsp3) is 0.714. The summed E-state index contributed by atoms with van der Waals surface area (Å²) in [5.74, 6) is 2.08. The zero-order valence-corrected chi connectivity index (χ0v) is 13.4. The Morgan fingerprint density at radius 1 is 0.905 bits per heavy atom. The Labute approximate surface area is 130 Å². The molecule has 0 saturated heterocycles. The molecule has 2 atom stereocenters. The van der Waals surface area contributed by atoms with Crippen LogP contribution in [-0.4, -0.2) is 0 Å². The number of aryl methyl sites for hydroxylation is 1. The van der Waals surface area contributed by atoms with E-state index >= 15 is 0 Å². The van der Waals surface area contributed by atoms with E-state index in [9.17, 15) is 0 Å². The van der Waals surface area contributed by atoms with Gasteiger partial charge >= 0.3 is 0 Å². The van der Waals surface area contributed by atoms with E-state index in [0.717, 1.165) is 11.8 Å². The van der Waals surface area contributed by atoms with E-state index in [-0.39, 0.29) is 0 Å². The smallest absolute Gasteiger partial charge is 0.00128 e. The van der Waals surface area contributed by atoms with Gasteiger partial charge in [-0.3, -0.25) is 0 Å². The van der Waals surface area contributed by atoms with E-state index in [2.05, 4.69) is 24.3 Å². The molecule has 0 radical (unpaired) electrons. The zero-order chi connectivity index (χ0) is 14.1. The second-order valence-corrected chi connectivity index (χ2v) is 8.00. The third kappa shape index (κ3) is 2.67. The van der Waals surface area contributed by atoms with Crippen LogP contribution in [0.4, 0.5) is 0 Å². The number of rotatable bonds is 3. The van der Waals surface area contributed by atoms with Crippen molar-refractivity contribution in [3.05, 3.63) is 35.4 Å². The third-order valence-corrected chi connectivity index (χ3v) is 6.75. The fourth-order valence-corrected chi connectivity index (χ4v) is 5.42. The molecule has 0 aliphatic heterocycles. The molecule has 114 valence electrons. The minimum Gasteiger partial charge on any atom is -0.0620 e. The molecule has 3 aliphatic carbocycles. The number of fused-ring (bicyclic) bond motifs is 2. The summed E-state index contributed by atoms with van der Waals surface area (Å²) in [6.45, 7) is 0. The maximum atomic E-state index is 2.46. The molecule has 0 amide bonds. The first-order valence-corrected chi connectivity index (χ1v) is 9.47. The molecular weight excluding hydrogens is 252 g/mol. The average Bonchev–Trinajstić information content (AvgIpc) is 3.29. The van der Waals surface area contributed by atoms with Crippen molar-refractivity contribution in [1.29, 1.82) is 0 Å². The van der Waals surface area contributed by atoms with Gasteiger partial charge in [0.15, 0.2) is 0 Å². The summed E-state index contributed by atoms with van der Waals surface area (Å²) in [6, 6.07) is 9.39. The number of benzene rings is 1. The molecule has 4 rings (SSSR count). The highest BCUT2D eigenvalue weighted by molar-refractivity contribution is 5.41. The van der Waals surface area contributed by atoms with Gasteiger partial charge in [-0.25, -0.2) is 0 Å². The van der Waals surface area contributed by atoms with E-state index in [1.165, 1.54) is 77.0 Å². The van der Waals surface area contributed by atoms with Gasteiger partial charge in [-0.15, -0.1) is 0 Å². The molecule has 21 heavy (non-hydrogen) atoms. The molecule has 0 aromatic heterocycles. The van der Waals surface area contributed by atoms with E-state index in [1.807, 2.05) is 0 Å². The van der Waals surface area contributed by atoms with E-state index in [0.29, 0.717) is 5.41 Å². The van der Waals surface area contributed by atoms with E-state index < -0.39 is 0 Å². The topological polar surface area (TPSA) is 0 Å². The molecule has 0 bridgehead atoms. The quantitative estimate of drug-likeness (QED) is 0.635. The maximum Gasteiger partial charge on any atom is -0.00128 e. The Kier molecular flexibility index (Phi) is 3.81. The molecule has 1 spiro atoms. The first kappa shape index (κ1) is 13.9. The molecule has 0 heterocycles. The molecule has 1 aromatic carbocycles. The highest BCUT2D eigenvalue weighted by Crippen LogP contribution is 2.61. The van der Waals surface area contributed by atoms with E-state index in [1.54, 1.807) is 11.1 Å².